The van der Waals surface area contributed by atoms with E-state index in [2.05, 4.69) is 41.3 Å². The second-order valence-corrected chi connectivity index (χ2v) is 7.50. The molecule has 3 nitrogen and oxygen atoms in total. The zero-order valence-electron chi connectivity index (χ0n) is 14.6. The third kappa shape index (κ3) is 5.18. The van der Waals surface area contributed by atoms with Crippen molar-refractivity contribution in [3.05, 3.63) is 71.8 Å². The lowest BCUT2D eigenvalue weighted by molar-refractivity contribution is -0.110. The molecule has 0 saturated carbocycles. The van der Waals surface area contributed by atoms with Crippen molar-refractivity contribution in [3.63, 3.8) is 0 Å². The molecule has 1 aliphatic heterocycles. The minimum Gasteiger partial charge on any atom is -0.374 e. The molecule has 3 rings (SSSR count). The molecule has 132 valence electrons. The first-order valence-electron chi connectivity index (χ1n) is 8.88. The van der Waals surface area contributed by atoms with Crippen molar-refractivity contribution in [1.29, 1.82) is 0 Å². The molecule has 0 aromatic heterocycles. The molecule has 0 N–H and O–H groups in total. The van der Waals surface area contributed by atoms with Gasteiger partial charge >= 0.3 is 0 Å². The number of nitrogens with zero attached hydrogens (tertiary/aromatic N) is 1. The quantitative estimate of drug-likeness (QED) is 0.773. The molecule has 2 aromatic rings. The number of benzene rings is 2. The Kier molecular flexibility index (Phi) is 6.68. The average molecular weight is 356 g/mol. The van der Waals surface area contributed by atoms with Crippen molar-refractivity contribution >= 4 is 16.9 Å². The molecule has 0 aliphatic carbocycles. The van der Waals surface area contributed by atoms with Gasteiger partial charge in [0.25, 0.3) is 0 Å². The fourth-order valence-corrected chi connectivity index (χ4v) is 4.19. The van der Waals surface area contributed by atoms with Crippen LogP contribution in [0, 0.1) is 0 Å². The molecule has 2 atom stereocenters. The fraction of sp³-hybridized carbons (Fsp3) is 0.381. The average Bonchev–Trinajstić information content (AvgIpc) is 2.67. The van der Waals surface area contributed by atoms with Gasteiger partial charge < -0.3 is 4.74 Å². The maximum atomic E-state index is 12.1. The van der Waals surface area contributed by atoms with Gasteiger partial charge in [-0.25, -0.2) is 0 Å². The molecular weight excluding hydrogens is 330 g/mol. The highest BCUT2D eigenvalue weighted by atomic mass is 32.2. The van der Waals surface area contributed by atoms with Crippen molar-refractivity contribution in [2.75, 3.05) is 19.7 Å². The molecule has 2 unspecified atom stereocenters. The molecule has 0 radical (unpaired) electrons. The molecular formula is C21H25NO2S. The topological polar surface area (TPSA) is 29.5 Å². The van der Waals surface area contributed by atoms with Gasteiger partial charge in [-0.3, -0.25) is 9.69 Å². The van der Waals surface area contributed by atoms with Crippen LogP contribution in [0.25, 0.3) is 0 Å². The van der Waals surface area contributed by atoms with E-state index in [-0.39, 0.29) is 16.5 Å². The molecule has 0 amide bonds. The Balaban J connectivity index is 1.72. The first kappa shape index (κ1) is 18.2. The molecule has 0 spiro atoms. The van der Waals surface area contributed by atoms with Gasteiger partial charge in [0, 0.05) is 26.1 Å². The molecule has 1 fully saturated rings. The van der Waals surface area contributed by atoms with Crippen LogP contribution in [0.2, 0.25) is 0 Å². The Hall–Kier alpha value is -1.62. The van der Waals surface area contributed by atoms with Gasteiger partial charge in [0.1, 0.15) is 0 Å². The second kappa shape index (κ2) is 9.18. The molecule has 25 heavy (non-hydrogen) atoms. The Labute approximate surface area is 154 Å². The van der Waals surface area contributed by atoms with E-state index in [1.54, 1.807) is 0 Å². The third-order valence-corrected chi connectivity index (χ3v) is 5.82. The molecule has 1 heterocycles. The SMILES string of the molecule is CCC(=O)SC(c1ccccc1)C1CN(Cc2ccccc2)CCO1. The largest absolute Gasteiger partial charge is 0.374 e. The molecule has 4 heteroatoms. The van der Waals surface area contributed by atoms with Crippen LogP contribution in [0.5, 0.6) is 0 Å². The van der Waals surface area contributed by atoms with E-state index >= 15 is 0 Å². The van der Waals surface area contributed by atoms with Gasteiger partial charge in [-0.05, 0) is 11.1 Å². The lowest BCUT2D eigenvalue weighted by Gasteiger charge is -2.36. The van der Waals surface area contributed by atoms with E-state index in [0.29, 0.717) is 13.0 Å². The normalized spacial score (nSPS) is 19.5. The van der Waals surface area contributed by atoms with Gasteiger partial charge in [-0.2, -0.15) is 0 Å². The van der Waals surface area contributed by atoms with E-state index in [1.165, 1.54) is 22.9 Å². The summed E-state index contributed by atoms with van der Waals surface area (Å²) in [5.74, 6) is 0. The van der Waals surface area contributed by atoms with Crippen molar-refractivity contribution in [2.45, 2.75) is 31.2 Å². The summed E-state index contributed by atoms with van der Waals surface area (Å²) in [7, 11) is 0. The molecule has 1 aliphatic rings. The predicted molar refractivity (Wildman–Crippen MR) is 104 cm³/mol. The van der Waals surface area contributed by atoms with Crippen LogP contribution in [0.15, 0.2) is 60.7 Å². The van der Waals surface area contributed by atoms with E-state index < -0.39 is 0 Å². The summed E-state index contributed by atoms with van der Waals surface area (Å²) in [5, 5.41) is 0.268. The smallest absolute Gasteiger partial charge is 0.189 e. The van der Waals surface area contributed by atoms with Crippen LogP contribution < -0.4 is 0 Å². The standard InChI is InChI=1S/C21H25NO2S/c1-2-20(23)25-21(18-11-7-4-8-12-18)19-16-22(13-14-24-19)15-17-9-5-3-6-10-17/h3-12,19,21H,2,13-16H2,1H3. The summed E-state index contributed by atoms with van der Waals surface area (Å²) in [4.78, 5) is 14.5. The summed E-state index contributed by atoms with van der Waals surface area (Å²) in [6.45, 7) is 5.33. The van der Waals surface area contributed by atoms with Crippen LogP contribution in [0.3, 0.4) is 0 Å². The fourth-order valence-electron chi connectivity index (χ4n) is 3.13. The Morgan fingerprint density at radius 1 is 1.16 bits per heavy atom. The first-order valence-corrected chi connectivity index (χ1v) is 9.76. The summed E-state index contributed by atoms with van der Waals surface area (Å²) in [5.41, 5.74) is 2.48. The molecule has 0 bridgehead atoms. The molecule has 2 aromatic carbocycles. The number of carbonyl (C=O) groups excluding carboxylic acids is 1. The van der Waals surface area contributed by atoms with Gasteiger partial charge in [-0.1, -0.05) is 79.3 Å². The first-order chi connectivity index (χ1) is 12.3. The number of hydrogen-bond acceptors (Lipinski definition) is 4. The number of carbonyl (C=O) groups is 1. The summed E-state index contributed by atoms with van der Waals surface area (Å²) < 4.78 is 6.09. The monoisotopic (exact) mass is 355 g/mol. The predicted octanol–water partition coefficient (Wildman–Crippen LogP) is 4.30. The van der Waals surface area contributed by atoms with Crippen LogP contribution in [-0.4, -0.2) is 35.8 Å². The van der Waals surface area contributed by atoms with Crippen molar-refractivity contribution in [2.24, 2.45) is 0 Å². The highest BCUT2D eigenvalue weighted by Crippen LogP contribution is 2.36. The highest BCUT2D eigenvalue weighted by Gasteiger charge is 2.31. The summed E-state index contributed by atoms with van der Waals surface area (Å²) in [6, 6.07) is 20.8. The van der Waals surface area contributed by atoms with Crippen LogP contribution in [0.1, 0.15) is 29.7 Å². The van der Waals surface area contributed by atoms with Crippen LogP contribution >= 0.6 is 11.8 Å². The number of thioether (sulfide) groups is 1. The van der Waals surface area contributed by atoms with E-state index in [1.807, 2.05) is 31.2 Å². The van der Waals surface area contributed by atoms with E-state index in [0.717, 1.165) is 19.6 Å². The maximum absolute atomic E-state index is 12.1. The minimum absolute atomic E-state index is 0.0281. The number of morpholine rings is 1. The number of hydrogen-bond donors (Lipinski definition) is 0. The van der Waals surface area contributed by atoms with Gasteiger partial charge in [0.05, 0.1) is 18.0 Å². The number of ether oxygens (including phenoxy) is 1. The highest BCUT2D eigenvalue weighted by molar-refractivity contribution is 8.13. The van der Waals surface area contributed by atoms with Gasteiger partial charge in [0.2, 0.25) is 0 Å². The van der Waals surface area contributed by atoms with Crippen molar-refractivity contribution in [3.8, 4) is 0 Å². The summed E-state index contributed by atoms with van der Waals surface area (Å²) >= 11 is 1.42. The lowest BCUT2D eigenvalue weighted by atomic mass is 10.1. The Morgan fingerprint density at radius 2 is 1.84 bits per heavy atom. The zero-order valence-corrected chi connectivity index (χ0v) is 15.5. The maximum Gasteiger partial charge on any atom is 0.189 e. The van der Waals surface area contributed by atoms with Crippen molar-refractivity contribution in [1.82, 2.24) is 4.90 Å². The van der Waals surface area contributed by atoms with E-state index in [4.69, 9.17) is 4.74 Å². The Morgan fingerprint density at radius 3 is 2.52 bits per heavy atom. The number of rotatable bonds is 6. The Bertz CT molecular complexity index is 662. The van der Waals surface area contributed by atoms with Crippen LogP contribution in [0.4, 0.5) is 0 Å². The van der Waals surface area contributed by atoms with Gasteiger partial charge in [-0.15, -0.1) is 0 Å². The van der Waals surface area contributed by atoms with E-state index in [9.17, 15) is 4.79 Å². The molecule has 1 saturated heterocycles. The third-order valence-electron chi connectivity index (χ3n) is 4.44. The lowest BCUT2D eigenvalue weighted by Crippen LogP contribution is -2.44. The van der Waals surface area contributed by atoms with Crippen molar-refractivity contribution < 1.29 is 9.53 Å². The van der Waals surface area contributed by atoms with Gasteiger partial charge in [0.15, 0.2) is 5.12 Å². The minimum atomic E-state index is 0.0281. The summed E-state index contributed by atoms with van der Waals surface area (Å²) in [6.07, 6.45) is 0.578. The zero-order chi connectivity index (χ0) is 17.5. The van der Waals surface area contributed by atoms with Crippen LogP contribution in [-0.2, 0) is 16.1 Å². The second-order valence-electron chi connectivity index (χ2n) is 6.30.